The summed E-state index contributed by atoms with van der Waals surface area (Å²) in [7, 11) is 3.20. The first-order valence-corrected chi connectivity index (χ1v) is 11.6. The molecule has 1 fully saturated rings. The predicted molar refractivity (Wildman–Crippen MR) is 126 cm³/mol. The Kier molecular flexibility index (Phi) is 6.54. The van der Waals surface area contributed by atoms with Crippen molar-refractivity contribution < 1.29 is 28.5 Å². The summed E-state index contributed by atoms with van der Waals surface area (Å²) in [6.45, 7) is 4.23. The summed E-state index contributed by atoms with van der Waals surface area (Å²) in [6, 6.07) is 10.3. The summed E-state index contributed by atoms with van der Waals surface area (Å²) in [4.78, 5) is 12.8. The molecule has 0 bridgehead atoms. The minimum atomic E-state index is -0.711. The molecule has 2 heterocycles. The van der Waals surface area contributed by atoms with Gasteiger partial charge in [-0.1, -0.05) is 18.2 Å². The lowest BCUT2D eigenvalue weighted by atomic mass is 9.86. The van der Waals surface area contributed by atoms with Gasteiger partial charge >= 0.3 is 5.97 Å². The monoisotopic (exact) mass is 470 g/mol. The molecule has 2 aromatic carbocycles. The van der Waals surface area contributed by atoms with Crippen LogP contribution in [0.5, 0.6) is 11.5 Å². The highest BCUT2D eigenvalue weighted by atomic mass is 32.2. The van der Waals surface area contributed by atoms with E-state index >= 15 is 0 Å². The van der Waals surface area contributed by atoms with Crippen LogP contribution in [0.15, 0.2) is 59.0 Å². The molecule has 33 heavy (non-hydrogen) atoms. The summed E-state index contributed by atoms with van der Waals surface area (Å²) in [5.41, 5.74) is 3.74. The second-order valence-electron chi connectivity index (χ2n) is 8.59. The van der Waals surface area contributed by atoms with E-state index in [9.17, 15) is 14.3 Å². The van der Waals surface area contributed by atoms with Crippen LogP contribution < -0.4 is 9.47 Å². The number of hydrogen-bond acceptors (Lipinski definition) is 6. The maximum atomic E-state index is 13.7. The molecule has 0 radical (unpaired) electrons. The lowest BCUT2D eigenvalue weighted by Crippen LogP contribution is -2.31. The van der Waals surface area contributed by atoms with Crippen molar-refractivity contribution in [1.29, 1.82) is 0 Å². The molecule has 0 spiro atoms. The van der Waals surface area contributed by atoms with Crippen molar-refractivity contribution in [3.05, 3.63) is 71.1 Å². The van der Waals surface area contributed by atoms with Crippen LogP contribution in [0.4, 0.5) is 4.39 Å². The highest BCUT2D eigenvalue weighted by molar-refractivity contribution is 8.01. The molecule has 2 atom stereocenters. The lowest BCUT2D eigenvalue weighted by molar-refractivity contribution is -0.156. The van der Waals surface area contributed by atoms with Crippen molar-refractivity contribution in [3.8, 4) is 11.5 Å². The highest BCUT2D eigenvalue weighted by Crippen LogP contribution is 2.53. The molecule has 2 aliphatic rings. The third-order valence-corrected chi connectivity index (χ3v) is 7.13. The number of methoxy groups -OCH3 is 2. The Balaban J connectivity index is 1.90. The second kappa shape index (κ2) is 9.23. The summed E-state index contributed by atoms with van der Waals surface area (Å²) >= 11 is 1.68. The zero-order valence-corrected chi connectivity index (χ0v) is 19.9. The number of cyclic esters (lactones) is 1. The van der Waals surface area contributed by atoms with Gasteiger partial charge in [0.25, 0.3) is 0 Å². The lowest BCUT2D eigenvalue weighted by Gasteiger charge is -2.35. The number of esters is 1. The third-order valence-electron chi connectivity index (χ3n) is 5.84. The van der Waals surface area contributed by atoms with E-state index in [4.69, 9.17) is 14.2 Å². The highest BCUT2D eigenvalue weighted by Gasteiger charge is 2.35. The smallest absolute Gasteiger partial charge is 0.309 e. The summed E-state index contributed by atoms with van der Waals surface area (Å²) in [5, 5.41) is 9.97. The number of benzene rings is 2. The minimum absolute atomic E-state index is 0.0181. The SMILES string of the molecule is COc1cc2c(cc1OC)C(c1ccc(F)cc1)=C(/C=C/[C@H]1C[C@H](O)CC(=O)O1)C(C)(C)S2. The van der Waals surface area contributed by atoms with E-state index in [1.54, 1.807) is 38.1 Å². The number of fused-ring (bicyclic) bond motifs is 1. The molecule has 4 rings (SSSR count). The van der Waals surface area contributed by atoms with Gasteiger partial charge in [0.1, 0.15) is 11.9 Å². The molecule has 0 unspecified atom stereocenters. The van der Waals surface area contributed by atoms with Crippen LogP contribution in [0, 0.1) is 5.82 Å². The Morgan fingerprint density at radius 1 is 1.15 bits per heavy atom. The molecule has 0 saturated carbocycles. The fourth-order valence-corrected chi connectivity index (χ4v) is 5.52. The van der Waals surface area contributed by atoms with Crippen LogP contribution >= 0.6 is 11.8 Å². The maximum absolute atomic E-state index is 13.7. The first kappa shape index (κ1) is 23.4. The number of aliphatic hydroxyl groups excluding tert-OH is 1. The summed E-state index contributed by atoms with van der Waals surface area (Å²) < 4.78 is 29.9. The number of thioether (sulfide) groups is 1. The molecule has 174 valence electrons. The molecule has 2 aliphatic heterocycles. The molecule has 5 nitrogen and oxygen atoms in total. The molecule has 1 N–H and O–H groups in total. The number of halogens is 1. The standard InChI is InChI=1S/C26H27FO5S/c1-26(2)20(10-9-18-11-17(28)12-24(29)32-18)25(15-5-7-16(27)8-6-15)19-13-21(30-3)22(31-4)14-23(19)33-26/h5-10,13-14,17-18,28H,11-12H2,1-4H3/b10-9+/t17-,18-/m0/s1. The van der Waals surface area contributed by atoms with E-state index in [0.717, 1.165) is 27.2 Å². The minimum Gasteiger partial charge on any atom is -0.493 e. The number of allylic oxidation sites excluding steroid dienone is 1. The molecule has 0 amide bonds. The normalized spacial score (nSPS) is 22.2. The Morgan fingerprint density at radius 2 is 1.82 bits per heavy atom. The van der Waals surface area contributed by atoms with Crippen molar-refractivity contribution in [2.45, 2.75) is 48.5 Å². The van der Waals surface area contributed by atoms with Gasteiger partial charge in [0.2, 0.25) is 0 Å². The van der Waals surface area contributed by atoms with Gasteiger partial charge < -0.3 is 19.3 Å². The largest absolute Gasteiger partial charge is 0.493 e. The van der Waals surface area contributed by atoms with Crippen LogP contribution in [-0.2, 0) is 9.53 Å². The van der Waals surface area contributed by atoms with Gasteiger partial charge in [-0.3, -0.25) is 4.79 Å². The average molecular weight is 471 g/mol. The zero-order chi connectivity index (χ0) is 23.8. The van der Waals surface area contributed by atoms with Crippen molar-refractivity contribution in [3.63, 3.8) is 0 Å². The molecule has 0 aromatic heterocycles. The van der Waals surface area contributed by atoms with Crippen LogP contribution in [0.25, 0.3) is 5.57 Å². The summed E-state index contributed by atoms with van der Waals surface area (Å²) in [6.07, 6.45) is 2.95. The van der Waals surface area contributed by atoms with Gasteiger partial charge in [-0.25, -0.2) is 4.39 Å². The van der Waals surface area contributed by atoms with E-state index in [0.29, 0.717) is 17.9 Å². The van der Waals surface area contributed by atoms with Crippen molar-refractivity contribution in [2.75, 3.05) is 14.2 Å². The fraction of sp³-hybridized carbons (Fsp3) is 0.346. The van der Waals surface area contributed by atoms with Crippen LogP contribution in [-0.4, -0.2) is 42.3 Å². The maximum Gasteiger partial charge on any atom is 0.309 e. The van der Waals surface area contributed by atoms with E-state index in [1.165, 1.54) is 12.1 Å². The Hall–Kier alpha value is -2.77. The van der Waals surface area contributed by atoms with E-state index in [-0.39, 0.29) is 17.0 Å². The van der Waals surface area contributed by atoms with E-state index in [2.05, 4.69) is 13.8 Å². The van der Waals surface area contributed by atoms with Gasteiger partial charge in [0, 0.05) is 21.6 Å². The molecular weight excluding hydrogens is 443 g/mol. The predicted octanol–water partition coefficient (Wildman–Crippen LogP) is 5.15. The molecule has 1 saturated heterocycles. The molecular formula is C26H27FO5S. The van der Waals surface area contributed by atoms with Gasteiger partial charge in [0.05, 0.1) is 26.7 Å². The zero-order valence-electron chi connectivity index (χ0n) is 19.1. The van der Waals surface area contributed by atoms with Crippen LogP contribution in [0.3, 0.4) is 0 Å². The van der Waals surface area contributed by atoms with Gasteiger partial charge in [0.15, 0.2) is 11.5 Å². The summed E-state index contributed by atoms with van der Waals surface area (Å²) in [5.74, 6) is 0.524. The molecule has 2 aromatic rings. The van der Waals surface area contributed by atoms with E-state index in [1.807, 2.05) is 24.3 Å². The Labute approximate surface area is 197 Å². The number of hydrogen-bond donors (Lipinski definition) is 1. The third kappa shape index (κ3) is 4.80. The van der Waals surface area contributed by atoms with E-state index < -0.39 is 18.2 Å². The van der Waals surface area contributed by atoms with Crippen molar-refractivity contribution >= 4 is 23.3 Å². The molecule has 0 aliphatic carbocycles. The fourth-order valence-electron chi connectivity index (χ4n) is 4.26. The number of carbonyl (C=O) groups is 1. The van der Waals surface area contributed by atoms with Crippen LogP contribution in [0.1, 0.15) is 37.8 Å². The van der Waals surface area contributed by atoms with Gasteiger partial charge in [-0.15, -0.1) is 11.8 Å². The quantitative estimate of drug-likeness (QED) is 0.610. The Bertz CT molecular complexity index is 1120. The second-order valence-corrected chi connectivity index (χ2v) is 10.3. The first-order valence-electron chi connectivity index (χ1n) is 10.7. The van der Waals surface area contributed by atoms with Crippen molar-refractivity contribution in [1.82, 2.24) is 0 Å². The first-order chi connectivity index (χ1) is 15.7. The number of rotatable bonds is 5. The number of carbonyl (C=O) groups excluding carboxylic acids is 1. The molecule has 7 heteroatoms. The van der Waals surface area contributed by atoms with Gasteiger partial charge in [-0.05, 0) is 60.9 Å². The Morgan fingerprint density at radius 3 is 2.45 bits per heavy atom. The number of ether oxygens (including phenoxy) is 3. The topological polar surface area (TPSA) is 65.0 Å². The number of aliphatic hydroxyl groups is 1. The van der Waals surface area contributed by atoms with Crippen molar-refractivity contribution in [2.24, 2.45) is 0 Å². The average Bonchev–Trinajstić information content (AvgIpc) is 2.76. The van der Waals surface area contributed by atoms with Gasteiger partial charge in [-0.2, -0.15) is 0 Å². The van der Waals surface area contributed by atoms with Crippen LogP contribution in [0.2, 0.25) is 0 Å².